The number of rotatable bonds is 4. The molecule has 2 amide bonds. The van der Waals surface area contributed by atoms with Gasteiger partial charge < -0.3 is 10.2 Å². The Hall–Kier alpha value is -2.21. The van der Waals surface area contributed by atoms with Crippen LogP contribution >= 0.6 is 11.3 Å². The van der Waals surface area contributed by atoms with Crippen LogP contribution in [0.3, 0.4) is 0 Å². The number of para-hydroxylation sites is 1. The van der Waals surface area contributed by atoms with Crippen molar-refractivity contribution in [1.82, 2.24) is 9.88 Å². The van der Waals surface area contributed by atoms with E-state index in [2.05, 4.69) is 10.3 Å². The second-order valence-electron chi connectivity index (χ2n) is 4.36. The Bertz CT molecular complexity index is 611. The zero-order chi connectivity index (χ0) is 14.5. The highest BCUT2D eigenvalue weighted by atomic mass is 32.1. The third kappa shape index (κ3) is 3.42. The van der Waals surface area contributed by atoms with E-state index in [1.165, 1.54) is 18.3 Å². The van der Waals surface area contributed by atoms with Gasteiger partial charge in [0.05, 0.1) is 5.51 Å². The number of nitrogens with zero attached hydrogens (tertiary/aromatic N) is 2. The van der Waals surface area contributed by atoms with Gasteiger partial charge in [0.15, 0.2) is 0 Å². The number of hydrogen-bond donors (Lipinski definition) is 1. The molecule has 104 valence electrons. The molecule has 2 aromatic rings. The van der Waals surface area contributed by atoms with Crippen molar-refractivity contribution in [3.8, 4) is 0 Å². The van der Waals surface area contributed by atoms with Gasteiger partial charge in [0, 0.05) is 31.6 Å². The van der Waals surface area contributed by atoms with Gasteiger partial charge >= 0.3 is 0 Å². The van der Waals surface area contributed by atoms with Crippen molar-refractivity contribution in [3.05, 3.63) is 46.4 Å². The molecule has 0 aliphatic carbocycles. The van der Waals surface area contributed by atoms with E-state index >= 15 is 0 Å². The second kappa shape index (κ2) is 6.29. The summed E-state index contributed by atoms with van der Waals surface area (Å²) in [7, 11) is 1.72. The van der Waals surface area contributed by atoms with Crippen LogP contribution in [-0.2, 0) is 11.3 Å². The molecule has 6 heteroatoms. The predicted molar refractivity (Wildman–Crippen MR) is 78.7 cm³/mol. The number of hydrogen-bond acceptors (Lipinski definition) is 4. The molecular formula is C14H15N3O2S. The second-order valence-corrected chi connectivity index (χ2v) is 5.08. The van der Waals surface area contributed by atoms with E-state index in [1.807, 2.05) is 24.3 Å². The van der Waals surface area contributed by atoms with Crippen LogP contribution in [0.5, 0.6) is 0 Å². The maximum absolute atomic E-state index is 12.0. The smallest absolute Gasteiger partial charge is 0.275 e. The van der Waals surface area contributed by atoms with Gasteiger partial charge in [0.25, 0.3) is 5.91 Å². The van der Waals surface area contributed by atoms with Crippen molar-refractivity contribution in [1.29, 1.82) is 0 Å². The molecule has 0 saturated heterocycles. The van der Waals surface area contributed by atoms with Crippen LogP contribution in [0.25, 0.3) is 0 Å². The fraction of sp³-hybridized carbons (Fsp3) is 0.214. The summed E-state index contributed by atoms with van der Waals surface area (Å²) in [6, 6.07) is 7.42. The fourth-order valence-corrected chi connectivity index (χ4v) is 2.19. The highest BCUT2D eigenvalue weighted by molar-refractivity contribution is 7.07. The molecule has 5 nitrogen and oxygen atoms in total. The van der Waals surface area contributed by atoms with Gasteiger partial charge in [0.2, 0.25) is 5.91 Å². The molecule has 1 aromatic heterocycles. The number of nitrogens with one attached hydrogen (secondary N) is 1. The van der Waals surface area contributed by atoms with Crippen LogP contribution in [0, 0.1) is 0 Å². The van der Waals surface area contributed by atoms with Crippen LogP contribution in [0.1, 0.15) is 23.0 Å². The first kappa shape index (κ1) is 14.2. The van der Waals surface area contributed by atoms with E-state index in [1.54, 1.807) is 22.8 Å². The summed E-state index contributed by atoms with van der Waals surface area (Å²) in [5, 5.41) is 4.52. The number of aromatic nitrogens is 1. The van der Waals surface area contributed by atoms with Crippen LogP contribution in [0.4, 0.5) is 5.69 Å². The lowest BCUT2D eigenvalue weighted by Gasteiger charge is -2.17. The molecular weight excluding hydrogens is 274 g/mol. The first-order valence-electron chi connectivity index (χ1n) is 6.07. The Balaban J connectivity index is 2.16. The normalized spacial score (nSPS) is 10.1. The van der Waals surface area contributed by atoms with Gasteiger partial charge in [-0.15, -0.1) is 11.3 Å². The summed E-state index contributed by atoms with van der Waals surface area (Å²) in [6.45, 7) is 1.96. The van der Waals surface area contributed by atoms with Gasteiger partial charge in [-0.2, -0.15) is 0 Å². The summed E-state index contributed by atoms with van der Waals surface area (Å²) in [4.78, 5) is 28.9. The Kier molecular flexibility index (Phi) is 4.47. The van der Waals surface area contributed by atoms with Crippen LogP contribution in [0.2, 0.25) is 0 Å². The molecule has 1 aromatic carbocycles. The molecule has 2 rings (SSSR count). The maximum atomic E-state index is 12.0. The quantitative estimate of drug-likeness (QED) is 0.940. The zero-order valence-electron chi connectivity index (χ0n) is 11.3. The average molecular weight is 289 g/mol. The number of thiazole rings is 1. The molecule has 0 radical (unpaired) electrons. The first-order chi connectivity index (χ1) is 9.58. The Morgan fingerprint density at radius 2 is 2.10 bits per heavy atom. The summed E-state index contributed by atoms with van der Waals surface area (Å²) in [6.07, 6.45) is 0. The molecule has 0 spiro atoms. The Labute approximate surface area is 121 Å². The molecule has 0 fully saturated rings. The van der Waals surface area contributed by atoms with Gasteiger partial charge in [0.1, 0.15) is 5.69 Å². The summed E-state index contributed by atoms with van der Waals surface area (Å²) in [5.41, 5.74) is 3.58. The zero-order valence-corrected chi connectivity index (χ0v) is 12.1. The van der Waals surface area contributed by atoms with Crippen molar-refractivity contribution >= 4 is 28.8 Å². The predicted octanol–water partition coefficient (Wildman–Crippen LogP) is 2.37. The maximum Gasteiger partial charge on any atom is 0.275 e. The molecule has 0 bridgehead atoms. The highest BCUT2D eigenvalue weighted by Gasteiger charge is 2.12. The van der Waals surface area contributed by atoms with Gasteiger partial charge in [-0.05, 0) is 11.6 Å². The number of carbonyl (C=O) groups excluding carboxylic acids is 2. The summed E-state index contributed by atoms with van der Waals surface area (Å²) >= 11 is 1.37. The third-order valence-corrected chi connectivity index (χ3v) is 3.46. The Morgan fingerprint density at radius 3 is 2.75 bits per heavy atom. The molecule has 1 N–H and O–H groups in total. The summed E-state index contributed by atoms with van der Waals surface area (Å²) in [5.74, 6) is -0.269. The topological polar surface area (TPSA) is 62.3 Å². The molecule has 20 heavy (non-hydrogen) atoms. The highest BCUT2D eigenvalue weighted by Crippen LogP contribution is 2.18. The van der Waals surface area contributed by atoms with E-state index < -0.39 is 0 Å². The van der Waals surface area contributed by atoms with Crippen molar-refractivity contribution in [2.45, 2.75) is 13.5 Å². The average Bonchev–Trinajstić information content (AvgIpc) is 2.94. The monoisotopic (exact) mass is 289 g/mol. The lowest BCUT2D eigenvalue weighted by molar-refractivity contribution is -0.128. The van der Waals surface area contributed by atoms with E-state index in [4.69, 9.17) is 0 Å². The minimum atomic E-state index is -0.246. The number of anilines is 1. The molecule has 1 heterocycles. The molecule has 0 saturated carbocycles. The van der Waals surface area contributed by atoms with Crippen LogP contribution in [0.15, 0.2) is 35.2 Å². The number of carbonyl (C=O) groups is 2. The third-order valence-electron chi connectivity index (χ3n) is 2.88. The molecule has 0 aliphatic heterocycles. The standard InChI is InChI=1S/C14H15N3O2S/c1-10(18)17(2)7-11-5-3-4-6-12(11)16-14(19)13-8-20-9-15-13/h3-6,8-9H,7H2,1-2H3,(H,16,19). The van der Waals surface area contributed by atoms with Crippen molar-refractivity contribution in [2.24, 2.45) is 0 Å². The van der Waals surface area contributed by atoms with Gasteiger partial charge in [-0.3, -0.25) is 9.59 Å². The van der Waals surface area contributed by atoms with Crippen LogP contribution in [-0.4, -0.2) is 28.7 Å². The van der Waals surface area contributed by atoms with Crippen molar-refractivity contribution in [3.63, 3.8) is 0 Å². The lowest BCUT2D eigenvalue weighted by atomic mass is 10.1. The van der Waals surface area contributed by atoms with Crippen LogP contribution < -0.4 is 5.32 Å². The fourth-order valence-electron chi connectivity index (χ4n) is 1.66. The number of amides is 2. The van der Waals surface area contributed by atoms with Gasteiger partial charge in [-0.25, -0.2) is 4.98 Å². The minimum absolute atomic E-state index is 0.0226. The van der Waals surface area contributed by atoms with E-state index in [0.717, 1.165) is 5.56 Å². The number of benzene rings is 1. The van der Waals surface area contributed by atoms with Crippen molar-refractivity contribution < 1.29 is 9.59 Å². The van der Waals surface area contributed by atoms with E-state index in [0.29, 0.717) is 17.9 Å². The van der Waals surface area contributed by atoms with E-state index in [-0.39, 0.29) is 11.8 Å². The molecule has 0 atom stereocenters. The first-order valence-corrected chi connectivity index (χ1v) is 7.01. The largest absolute Gasteiger partial charge is 0.342 e. The lowest BCUT2D eigenvalue weighted by Crippen LogP contribution is -2.24. The molecule has 0 aliphatic rings. The Morgan fingerprint density at radius 1 is 1.35 bits per heavy atom. The molecule has 0 unspecified atom stereocenters. The SMILES string of the molecule is CC(=O)N(C)Cc1ccccc1NC(=O)c1cscn1. The summed E-state index contributed by atoms with van der Waals surface area (Å²) < 4.78 is 0. The van der Waals surface area contributed by atoms with Crippen molar-refractivity contribution in [2.75, 3.05) is 12.4 Å². The minimum Gasteiger partial charge on any atom is -0.342 e. The van der Waals surface area contributed by atoms with E-state index in [9.17, 15) is 9.59 Å². The van der Waals surface area contributed by atoms with Gasteiger partial charge in [-0.1, -0.05) is 18.2 Å².